The molecule has 2 N–H and O–H groups in total. The van der Waals surface area contributed by atoms with Crippen LogP contribution in [0.1, 0.15) is 18.9 Å². The number of benzene rings is 1. The molecular formula is C12H16FNO. The molecule has 0 aliphatic heterocycles. The van der Waals surface area contributed by atoms with Crippen molar-refractivity contribution in [2.24, 2.45) is 11.8 Å². The maximum absolute atomic E-state index is 12.9. The van der Waals surface area contributed by atoms with Crippen LogP contribution in [0.2, 0.25) is 0 Å². The molecular weight excluding hydrogens is 193 g/mol. The van der Waals surface area contributed by atoms with Crippen molar-refractivity contribution >= 4 is 0 Å². The Hall–Kier alpha value is -1.09. The van der Waals surface area contributed by atoms with E-state index in [4.69, 9.17) is 0 Å². The first-order valence-electron chi connectivity index (χ1n) is 5.35. The Kier molecular flexibility index (Phi) is 2.91. The van der Waals surface area contributed by atoms with Crippen molar-refractivity contribution in [3.05, 3.63) is 29.6 Å². The Morgan fingerprint density at radius 1 is 1.53 bits per heavy atom. The normalized spacial score (nSPS) is 24.1. The van der Waals surface area contributed by atoms with Gasteiger partial charge in [-0.15, -0.1) is 0 Å². The van der Waals surface area contributed by atoms with Gasteiger partial charge in [0.25, 0.3) is 0 Å². The molecule has 0 saturated heterocycles. The number of hydrogen-bond acceptors (Lipinski definition) is 2. The fourth-order valence-electron chi connectivity index (χ4n) is 1.77. The summed E-state index contributed by atoms with van der Waals surface area (Å²) in [4.78, 5) is 0. The van der Waals surface area contributed by atoms with E-state index in [-0.39, 0.29) is 11.6 Å². The average Bonchev–Trinajstić information content (AvgIpc) is 2.88. The molecule has 0 spiro atoms. The maximum Gasteiger partial charge on any atom is 0.123 e. The van der Waals surface area contributed by atoms with Crippen LogP contribution in [0.15, 0.2) is 18.2 Å². The van der Waals surface area contributed by atoms with Gasteiger partial charge in [0.05, 0.1) is 0 Å². The molecule has 2 unspecified atom stereocenters. The van der Waals surface area contributed by atoms with Crippen LogP contribution in [0.25, 0.3) is 0 Å². The smallest absolute Gasteiger partial charge is 0.123 e. The van der Waals surface area contributed by atoms with Gasteiger partial charge in [-0.2, -0.15) is 0 Å². The van der Waals surface area contributed by atoms with Crippen LogP contribution in [0, 0.1) is 17.7 Å². The number of hydrogen-bond donors (Lipinski definition) is 2. The molecule has 1 aliphatic carbocycles. The zero-order valence-electron chi connectivity index (χ0n) is 8.83. The van der Waals surface area contributed by atoms with E-state index >= 15 is 0 Å². The van der Waals surface area contributed by atoms with Gasteiger partial charge in [0, 0.05) is 12.1 Å². The SMILES string of the molecule is CC1CC1CNCc1cc(F)ccc1O. The molecule has 2 nitrogen and oxygen atoms in total. The van der Waals surface area contributed by atoms with Gasteiger partial charge in [-0.1, -0.05) is 6.92 Å². The molecule has 0 bridgehead atoms. The number of nitrogens with one attached hydrogen (secondary N) is 1. The summed E-state index contributed by atoms with van der Waals surface area (Å²) in [6.45, 7) is 3.72. The number of phenols is 1. The second-order valence-corrected chi connectivity index (χ2v) is 4.38. The van der Waals surface area contributed by atoms with E-state index in [0.717, 1.165) is 18.4 Å². The lowest BCUT2D eigenvalue weighted by molar-refractivity contribution is 0.460. The van der Waals surface area contributed by atoms with E-state index in [1.165, 1.54) is 24.6 Å². The molecule has 82 valence electrons. The minimum absolute atomic E-state index is 0.160. The molecule has 0 aromatic heterocycles. The topological polar surface area (TPSA) is 32.3 Å². The van der Waals surface area contributed by atoms with Gasteiger partial charge in [-0.25, -0.2) is 4.39 Å². The van der Waals surface area contributed by atoms with E-state index in [2.05, 4.69) is 12.2 Å². The Bertz CT molecular complexity index is 353. The van der Waals surface area contributed by atoms with Gasteiger partial charge in [0.2, 0.25) is 0 Å². The summed E-state index contributed by atoms with van der Waals surface area (Å²) in [6.07, 6.45) is 1.28. The summed E-state index contributed by atoms with van der Waals surface area (Å²) in [5.74, 6) is 1.44. The average molecular weight is 209 g/mol. The molecule has 0 radical (unpaired) electrons. The number of rotatable bonds is 4. The maximum atomic E-state index is 12.9. The molecule has 1 aromatic rings. The van der Waals surface area contributed by atoms with Crippen LogP contribution in [0.3, 0.4) is 0 Å². The van der Waals surface area contributed by atoms with Gasteiger partial charge >= 0.3 is 0 Å². The summed E-state index contributed by atoms with van der Waals surface area (Å²) < 4.78 is 12.9. The summed E-state index contributed by atoms with van der Waals surface area (Å²) >= 11 is 0. The van der Waals surface area contributed by atoms with Crippen molar-refractivity contribution in [1.29, 1.82) is 0 Å². The fourth-order valence-corrected chi connectivity index (χ4v) is 1.77. The Balaban J connectivity index is 1.84. The van der Waals surface area contributed by atoms with Gasteiger partial charge in [-0.3, -0.25) is 0 Å². The first-order valence-corrected chi connectivity index (χ1v) is 5.35. The number of phenolic OH excluding ortho intramolecular Hbond substituents is 1. The fraction of sp³-hybridized carbons (Fsp3) is 0.500. The van der Waals surface area contributed by atoms with E-state index in [1.807, 2.05) is 0 Å². The van der Waals surface area contributed by atoms with Crippen LogP contribution < -0.4 is 5.32 Å². The lowest BCUT2D eigenvalue weighted by atomic mass is 10.2. The molecule has 0 heterocycles. The summed E-state index contributed by atoms with van der Waals surface area (Å²) in [5.41, 5.74) is 0.628. The molecule has 0 amide bonds. The first-order chi connectivity index (χ1) is 7.16. The second-order valence-electron chi connectivity index (χ2n) is 4.38. The minimum Gasteiger partial charge on any atom is -0.508 e. The Labute approximate surface area is 89.1 Å². The highest BCUT2D eigenvalue weighted by atomic mass is 19.1. The zero-order valence-corrected chi connectivity index (χ0v) is 8.83. The quantitative estimate of drug-likeness (QED) is 0.797. The highest BCUT2D eigenvalue weighted by Crippen LogP contribution is 2.36. The lowest BCUT2D eigenvalue weighted by Crippen LogP contribution is -2.16. The van der Waals surface area contributed by atoms with E-state index in [1.54, 1.807) is 0 Å². The third-order valence-corrected chi connectivity index (χ3v) is 3.04. The van der Waals surface area contributed by atoms with E-state index in [0.29, 0.717) is 12.1 Å². The van der Waals surface area contributed by atoms with Crippen molar-refractivity contribution in [3.63, 3.8) is 0 Å². The van der Waals surface area contributed by atoms with Crippen LogP contribution in [0.4, 0.5) is 4.39 Å². The van der Waals surface area contributed by atoms with Gasteiger partial charge in [0.15, 0.2) is 0 Å². The third-order valence-electron chi connectivity index (χ3n) is 3.04. The molecule has 15 heavy (non-hydrogen) atoms. The van der Waals surface area contributed by atoms with Crippen molar-refractivity contribution in [2.45, 2.75) is 19.9 Å². The van der Waals surface area contributed by atoms with Crippen LogP contribution in [-0.2, 0) is 6.54 Å². The Morgan fingerprint density at radius 3 is 2.93 bits per heavy atom. The third kappa shape index (κ3) is 2.69. The van der Waals surface area contributed by atoms with Crippen LogP contribution >= 0.6 is 0 Å². The highest BCUT2D eigenvalue weighted by Gasteiger charge is 2.31. The molecule has 3 heteroatoms. The van der Waals surface area contributed by atoms with Crippen LogP contribution in [-0.4, -0.2) is 11.7 Å². The van der Waals surface area contributed by atoms with Crippen molar-refractivity contribution in [1.82, 2.24) is 5.32 Å². The highest BCUT2D eigenvalue weighted by molar-refractivity contribution is 5.32. The van der Waals surface area contributed by atoms with E-state index < -0.39 is 0 Å². The first kappa shape index (κ1) is 10.4. The number of halogens is 1. The van der Waals surface area contributed by atoms with Gasteiger partial charge in [0.1, 0.15) is 11.6 Å². The predicted octanol–water partition coefficient (Wildman–Crippen LogP) is 2.28. The number of aromatic hydroxyl groups is 1. The van der Waals surface area contributed by atoms with Gasteiger partial charge in [-0.05, 0) is 43.0 Å². The molecule has 1 aliphatic rings. The monoisotopic (exact) mass is 209 g/mol. The predicted molar refractivity (Wildman–Crippen MR) is 57.0 cm³/mol. The minimum atomic E-state index is -0.301. The summed E-state index contributed by atoms with van der Waals surface area (Å²) in [6, 6.07) is 4.03. The van der Waals surface area contributed by atoms with Crippen molar-refractivity contribution < 1.29 is 9.50 Å². The largest absolute Gasteiger partial charge is 0.508 e. The summed E-state index contributed by atoms with van der Waals surface area (Å²) in [7, 11) is 0. The zero-order chi connectivity index (χ0) is 10.8. The standard InChI is InChI=1S/C12H16FNO/c1-8-4-9(8)6-14-7-10-5-11(13)2-3-12(10)15/h2-3,5,8-9,14-15H,4,6-7H2,1H3. The van der Waals surface area contributed by atoms with Crippen LogP contribution in [0.5, 0.6) is 5.75 Å². The van der Waals surface area contributed by atoms with Crippen molar-refractivity contribution in [2.75, 3.05) is 6.54 Å². The molecule has 2 rings (SSSR count). The van der Waals surface area contributed by atoms with E-state index in [9.17, 15) is 9.50 Å². The van der Waals surface area contributed by atoms with Crippen molar-refractivity contribution in [3.8, 4) is 5.75 Å². The summed E-state index contributed by atoms with van der Waals surface area (Å²) in [5, 5.41) is 12.7. The lowest BCUT2D eigenvalue weighted by Gasteiger charge is -2.06. The molecule has 1 aromatic carbocycles. The molecule has 2 atom stereocenters. The Morgan fingerprint density at radius 2 is 2.27 bits per heavy atom. The molecule has 1 fully saturated rings. The second kappa shape index (κ2) is 4.19. The molecule has 1 saturated carbocycles. The van der Waals surface area contributed by atoms with Gasteiger partial charge < -0.3 is 10.4 Å².